The van der Waals surface area contributed by atoms with Crippen LogP contribution in [0.5, 0.6) is 0 Å². The van der Waals surface area contributed by atoms with Crippen LogP contribution < -0.4 is 5.32 Å². The molecule has 6 heteroatoms. The Balaban J connectivity index is 1.86. The SMILES string of the molecule is O=C(O)/C(=C/c1ccc(-c2ccccc2CO)s1)NC(=O)c1ccccc1. The molecule has 3 N–H and O–H groups in total. The summed E-state index contributed by atoms with van der Waals surface area (Å²) in [5, 5.41) is 21.3. The molecule has 1 aromatic heterocycles. The zero-order valence-electron chi connectivity index (χ0n) is 14.3. The van der Waals surface area contributed by atoms with Crippen LogP contribution in [0.3, 0.4) is 0 Å². The summed E-state index contributed by atoms with van der Waals surface area (Å²) >= 11 is 1.38. The largest absolute Gasteiger partial charge is 0.477 e. The summed E-state index contributed by atoms with van der Waals surface area (Å²) in [4.78, 5) is 25.3. The van der Waals surface area contributed by atoms with E-state index >= 15 is 0 Å². The number of carbonyl (C=O) groups is 2. The Bertz CT molecular complexity index is 992. The first-order valence-corrected chi connectivity index (χ1v) is 9.00. The third-order valence-electron chi connectivity index (χ3n) is 3.88. The highest BCUT2D eigenvalue weighted by Gasteiger charge is 2.14. The third-order valence-corrected chi connectivity index (χ3v) is 4.95. The first-order chi connectivity index (χ1) is 13.1. The number of aliphatic hydroxyl groups excluding tert-OH is 1. The van der Waals surface area contributed by atoms with Crippen molar-refractivity contribution in [3.05, 3.63) is 88.4 Å². The van der Waals surface area contributed by atoms with E-state index in [9.17, 15) is 19.8 Å². The van der Waals surface area contributed by atoms with Gasteiger partial charge in [0.25, 0.3) is 5.91 Å². The number of amides is 1. The number of aliphatic hydroxyl groups is 1. The fraction of sp³-hybridized carbons (Fsp3) is 0.0476. The van der Waals surface area contributed by atoms with Gasteiger partial charge in [-0.15, -0.1) is 11.3 Å². The molecule has 0 fully saturated rings. The molecule has 2 aromatic carbocycles. The zero-order chi connectivity index (χ0) is 19.2. The fourth-order valence-electron chi connectivity index (χ4n) is 2.55. The minimum Gasteiger partial charge on any atom is -0.477 e. The summed E-state index contributed by atoms with van der Waals surface area (Å²) in [6.07, 6.45) is 1.43. The molecule has 0 bridgehead atoms. The van der Waals surface area contributed by atoms with E-state index in [1.807, 2.05) is 30.3 Å². The van der Waals surface area contributed by atoms with Gasteiger partial charge in [0.1, 0.15) is 5.70 Å². The van der Waals surface area contributed by atoms with Crippen molar-refractivity contribution in [3.8, 4) is 10.4 Å². The van der Waals surface area contributed by atoms with Crippen molar-refractivity contribution in [1.29, 1.82) is 0 Å². The topological polar surface area (TPSA) is 86.6 Å². The van der Waals surface area contributed by atoms with Gasteiger partial charge in [-0.1, -0.05) is 42.5 Å². The lowest BCUT2D eigenvalue weighted by molar-refractivity contribution is -0.132. The quantitative estimate of drug-likeness (QED) is 0.569. The van der Waals surface area contributed by atoms with Crippen LogP contribution in [-0.2, 0) is 11.4 Å². The monoisotopic (exact) mass is 379 g/mol. The molecule has 0 aliphatic carbocycles. The predicted octanol–water partition coefficient (Wildman–Crippen LogP) is 3.76. The normalized spacial score (nSPS) is 11.2. The Morgan fingerprint density at radius 1 is 0.963 bits per heavy atom. The van der Waals surface area contributed by atoms with Crippen LogP contribution in [0, 0.1) is 0 Å². The number of carboxylic acid groups (broad SMARTS) is 1. The van der Waals surface area contributed by atoms with Gasteiger partial charge in [0, 0.05) is 15.3 Å². The van der Waals surface area contributed by atoms with Crippen molar-refractivity contribution >= 4 is 29.3 Å². The van der Waals surface area contributed by atoms with E-state index in [0.717, 1.165) is 16.0 Å². The molecule has 0 aliphatic rings. The highest BCUT2D eigenvalue weighted by molar-refractivity contribution is 7.16. The molecule has 3 aromatic rings. The second kappa shape index (κ2) is 8.44. The molecule has 1 heterocycles. The van der Waals surface area contributed by atoms with Crippen molar-refractivity contribution in [3.63, 3.8) is 0 Å². The van der Waals surface area contributed by atoms with Gasteiger partial charge >= 0.3 is 5.97 Å². The number of rotatable bonds is 6. The lowest BCUT2D eigenvalue weighted by Crippen LogP contribution is -2.27. The van der Waals surface area contributed by atoms with Gasteiger partial charge < -0.3 is 15.5 Å². The van der Waals surface area contributed by atoms with Gasteiger partial charge in [0.05, 0.1) is 6.61 Å². The summed E-state index contributed by atoms with van der Waals surface area (Å²) < 4.78 is 0. The van der Waals surface area contributed by atoms with Crippen LogP contribution in [0.25, 0.3) is 16.5 Å². The lowest BCUT2D eigenvalue weighted by Gasteiger charge is -2.06. The highest BCUT2D eigenvalue weighted by Crippen LogP contribution is 2.31. The average molecular weight is 379 g/mol. The van der Waals surface area contributed by atoms with E-state index < -0.39 is 11.9 Å². The van der Waals surface area contributed by atoms with E-state index in [2.05, 4.69) is 5.32 Å². The number of nitrogens with one attached hydrogen (secondary N) is 1. The van der Waals surface area contributed by atoms with Crippen molar-refractivity contribution in [2.75, 3.05) is 0 Å². The highest BCUT2D eigenvalue weighted by atomic mass is 32.1. The second-order valence-electron chi connectivity index (χ2n) is 5.70. The Morgan fingerprint density at radius 2 is 1.67 bits per heavy atom. The Kier molecular flexibility index (Phi) is 5.80. The molecule has 0 spiro atoms. The molecule has 1 amide bonds. The maximum Gasteiger partial charge on any atom is 0.352 e. The molecule has 0 radical (unpaired) electrons. The molecule has 27 heavy (non-hydrogen) atoms. The predicted molar refractivity (Wildman–Crippen MR) is 105 cm³/mol. The molecule has 0 aliphatic heterocycles. The standard InChI is InChI=1S/C21H17NO4S/c23-13-15-8-4-5-9-17(15)19-11-10-16(27-19)12-18(21(25)26)22-20(24)14-6-2-1-3-7-14/h1-12,23H,13H2,(H,22,24)(H,25,26)/b18-12-. The van der Waals surface area contributed by atoms with E-state index in [-0.39, 0.29) is 12.3 Å². The van der Waals surface area contributed by atoms with E-state index in [4.69, 9.17) is 0 Å². The van der Waals surface area contributed by atoms with Gasteiger partial charge in [-0.2, -0.15) is 0 Å². The third kappa shape index (κ3) is 4.49. The molecule has 0 unspecified atom stereocenters. The van der Waals surface area contributed by atoms with Crippen LogP contribution in [0.15, 0.2) is 72.4 Å². The first kappa shape index (κ1) is 18.6. The van der Waals surface area contributed by atoms with Gasteiger partial charge in [-0.25, -0.2) is 4.79 Å². The number of hydrogen-bond donors (Lipinski definition) is 3. The van der Waals surface area contributed by atoms with E-state index in [1.54, 1.807) is 36.4 Å². The van der Waals surface area contributed by atoms with Crippen molar-refractivity contribution in [1.82, 2.24) is 5.32 Å². The summed E-state index contributed by atoms with van der Waals surface area (Å²) in [6, 6.07) is 19.6. The van der Waals surface area contributed by atoms with Gasteiger partial charge in [-0.05, 0) is 41.5 Å². The smallest absolute Gasteiger partial charge is 0.352 e. The minimum absolute atomic E-state index is 0.0766. The summed E-state index contributed by atoms with van der Waals surface area (Å²) in [5.74, 6) is -1.70. The van der Waals surface area contributed by atoms with Crippen LogP contribution >= 0.6 is 11.3 Å². The van der Waals surface area contributed by atoms with E-state index in [1.165, 1.54) is 17.4 Å². The summed E-state index contributed by atoms with van der Waals surface area (Å²) in [5.41, 5.74) is 1.88. The number of aliphatic carboxylic acids is 1. The molecule has 0 saturated carbocycles. The van der Waals surface area contributed by atoms with Crippen molar-refractivity contribution in [2.24, 2.45) is 0 Å². The molecule has 5 nitrogen and oxygen atoms in total. The lowest BCUT2D eigenvalue weighted by atomic mass is 10.1. The van der Waals surface area contributed by atoms with E-state index in [0.29, 0.717) is 10.4 Å². The Labute approximate surface area is 160 Å². The number of thiophene rings is 1. The minimum atomic E-state index is -1.22. The first-order valence-electron chi connectivity index (χ1n) is 8.19. The Hall–Kier alpha value is -3.22. The van der Waals surface area contributed by atoms with Crippen LogP contribution in [-0.4, -0.2) is 22.1 Å². The van der Waals surface area contributed by atoms with Gasteiger partial charge in [0.15, 0.2) is 0 Å². The van der Waals surface area contributed by atoms with Crippen molar-refractivity contribution in [2.45, 2.75) is 6.61 Å². The number of carboxylic acids is 1. The maximum absolute atomic E-state index is 12.2. The second-order valence-corrected chi connectivity index (χ2v) is 6.82. The Morgan fingerprint density at radius 3 is 2.37 bits per heavy atom. The molecule has 3 rings (SSSR count). The molecule has 136 valence electrons. The molecular weight excluding hydrogens is 362 g/mol. The molecule has 0 atom stereocenters. The summed E-state index contributed by atoms with van der Waals surface area (Å²) in [7, 11) is 0. The fourth-order valence-corrected chi connectivity index (χ4v) is 3.56. The van der Waals surface area contributed by atoms with Gasteiger partial charge in [-0.3, -0.25) is 4.79 Å². The van der Waals surface area contributed by atoms with Gasteiger partial charge in [0.2, 0.25) is 0 Å². The zero-order valence-corrected chi connectivity index (χ0v) is 15.1. The molecule has 0 saturated heterocycles. The van der Waals surface area contributed by atoms with Crippen LogP contribution in [0.4, 0.5) is 0 Å². The number of benzene rings is 2. The number of carbonyl (C=O) groups excluding carboxylic acids is 1. The van der Waals surface area contributed by atoms with Crippen molar-refractivity contribution < 1.29 is 19.8 Å². The maximum atomic E-state index is 12.2. The average Bonchev–Trinajstić information content (AvgIpc) is 3.16. The van der Waals surface area contributed by atoms with Crippen LogP contribution in [0.1, 0.15) is 20.8 Å². The summed E-state index contributed by atoms with van der Waals surface area (Å²) in [6.45, 7) is -0.0766. The molecular formula is C21H17NO4S. The number of hydrogen-bond acceptors (Lipinski definition) is 4. The van der Waals surface area contributed by atoms with Crippen LogP contribution in [0.2, 0.25) is 0 Å².